The zero-order valence-corrected chi connectivity index (χ0v) is 27.4. The lowest BCUT2D eigenvalue weighted by Gasteiger charge is -2.14. The Morgan fingerprint density at radius 2 is 1.23 bits per heavy atom. The van der Waals surface area contributed by atoms with Crippen molar-refractivity contribution in [2.75, 3.05) is 10.6 Å². The Hall–Kier alpha value is -5.49. The Morgan fingerprint density at radius 3 is 1.83 bits per heavy atom. The molecule has 0 fully saturated rings. The highest BCUT2D eigenvalue weighted by molar-refractivity contribution is 8.00. The van der Waals surface area contributed by atoms with Gasteiger partial charge in [-0.3, -0.25) is 14.4 Å². The number of amides is 3. The maximum Gasteiger partial charge on any atom is 0.272 e. The number of anilines is 2. The standard InChI is InChI=1S/C37H32N4O5S2/c1-25(35(42)39-31-18-22-33(23-19-31)48(38,45)46)47-32-20-16-30(17-21-32)40-37(44)34(41-36(43)29-10-6-3-7-11-29)24-26-12-14-28(15-13-26)27-8-4-2-5-9-27/h2-25H,1H3,(H,39,42)(H,40,44)(H,41,43)(H2,38,45,46)/b34-24-. The summed E-state index contributed by atoms with van der Waals surface area (Å²) in [6, 6.07) is 38.8. The second kappa shape index (κ2) is 15.4. The highest BCUT2D eigenvalue weighted by Gasteiger charge is 2.17. The summed E-state index contributed by atoms with van der Waals surface area (Å²) in [5, 5.41) is 13.0. The maximum atomic E-state index is 13.5. The van der Waals surface area contributed by atoms with Crippen LogP contribution >= 0.6 is 11.8 Å². The minimum absolute atomic E-state index is 0.0474. The molecule has 0 radical (unpaired) electrons. The van der Waals surface area contributed by atoms with Gasteiger partial charge in [0.1, 0.15) is 5.70 Å². The summed E-state index contributed by atoms with van der Waals surface area (Å²) in [5.74, 6) is -1.20. The van der Waals surface area contributed by atoms with Gasteiger partial charge in [-0.2, -0.15) is 0 Å². The summed E-state index contributed by atoms with van der Waals surface area (Å²) in [4.78, 5) is 40.0. The molecule has 0 aliphatic rings. The van der Waals surface area contributed by atoms with Crippen LogP contribution in [0.4, 0.5) is 11.4 Å². The van der Waals surface area contributed by atoms with E-state index in [1.54, 1.807) is 67.6 Å². The first-order chi connectivity index (χ1) is 23.0. The van der Waals surface area contributed by atoms with Gasteiger partial charge in [-0.1, -0.05) is 72.8 Å². The highest BCUT2D eigenvalue weighted by Crippen LogP contribution is 2.26. The van der Waals surface area contributed by atoms with E-state index in [-0.39, 0.29) is 16.5 Å². The number of sulfonamides is 1. The third-order valence-electron chi connectivity index (χ3n) is 7.10. The third kappa shape index (κ3) is 9.29. The van der Waals surface area contributed by atoms with Crippen LogP contribution in [0.5, 0.6) is 0 Å². The van der Waals surface area contributed by atoms with Crippen molar-refractivity contribution in [3.05, 3.63) is 150 Å². The number of thioether (sulfide) groups is 1. The molecule has 0 aliphatic heterocycles. The number of carbonyl (C=O) groups is 3. The molecule has 1 atom stereocenters. The topological polar surface area (TPSA) is 147 Å². The molecule has 9 nitrogen and oxygen atoms in total. The van der Waals surface area contributed by atoms with Crippen LogP contribution in [0.2, 0.25) is 0 Å². The van der Waals surface area contributed by atoms with Crippen molar-refractivity contribution in [1.29, 1.82) is 0 Å². The largest absolute Gasteiger partial charge is 0.325 e. The predicted molar refractivity (Wildman–Crippen MR) is 191 cm³/mol. The van der Waals surface area contributed by atoms with Crippen LogP contribution in [-0.2, 0) is 19.6 Å². The smallest absolute Gasteiger partial charge is 0.272 e. The van der Waals surface area contributed by atoms with Crippen LogP contribution in [0, 0.1) is 0 Å². The molecule has 5 aromatic rings. The first-order valence-electron chi connectivity index (χ1n) is 14.8. The molecular formula is C37H32N4O5S2. The zero-order chi connectivity index (χ0) is 34.1. The number of primary sulfonamides is 1. The van der Waals surface area contributed by atoms with Gasteiger partial charge >= 0.3 is 0 Å². The number of benzene rings is 5. The quantitative estimate of drug-likeness (QED) is 0.0924. The summed E-state index contributed by atoms with van der Waals surface area (Å²) < 4.78 is 22.9. The fourth-order valence-corrected chi connectivity index (χ4v) is 5.94. The monoisotopic (exact) mass is 676 g/mol. The lowest BCUT2D eigenvalue weighted by molar-refractivity contribution is -0.115. The van der Waals surface area contributed by atoms with Gasteiger partial charge in [-0.15, -0.1) is 11.8 Å². The van der Waals surface area contributed by atoms with E-state index in [1.165, 1.54) is 36.0 Å². The molecule has 0 saturated heterocycles. The lowest BCUT2D eigenvalue weighted by atomic mass is 10.0. The maximum absolute atomic E-state index is 13.5. The van der Waals surface area contributed by atoms with Crippen LogP contribution < -0.4 is 21.1 Å². The van der Waals surface area contributed by atoms with Crippen LogP contribution in [0.15, 0.2) is 149 Å². The molecule has 0 spiro atoms. The molecule has 11 heteroatoms. The van der Waals surface area contributed by atoms with Crippen molar-refractivity contribution < 1.29 is 22.8 Å². The predicted octanol–water partition coefficient (Wildman–Crippen LogP) is 6.53. The van der Waals surface area contributed by atoms with E-state index in [9.17, 15) is 22.8 Å². The Morgan fingerprint density at radius 1 is 0.688 bits per heavy atom. The van der Waals surface area contributed by atoms with E-state index in [0.717, 1.165) is 21.6 Å². The average molecular weight is 677 g/mol. The summed E-state index contributed by atoms with van der Waals surface area (Å²) in [5.41, 5.74) is 4.23. The fraction of sp³-hybridized carbons (Fsp3) is 0.0541. The van der Waals surface area contributed by atoms with Crippen LogP contribution in [0.3, 0.4) is 0 Å². The van der Waals surface area contributed by atoms with Gasteiger partial charge in [0.15, 0.2) is 0 Å². The van der Waals surface area contributed by atoms with Crippen molar-refractivity contribution in [2.45, 2.75) is 22.0 Å². The molecule has 0 aromatic heterocycles. The number of nitrogens with one attached hydrogen (secondary N) is 3. The number of hydrogen-bond donors (Lipinski definition) is 4. The Labute approximate surface area is 283 Å². The van der Waals surface area contributed by atoms with Gasteiger partial charge in [0.2, 0.25) is 15.9 Å². The van der Waals surface area contributed by atoms with Crippen molar-refractivity contribution in [3.8, 4) is 11.1 Å². The number of nitrogens with two attached hydrogens (primary N) is 1. The van der Waals surface area contributed by atoms with Gasteiger partial charge in [0.25, 0.3) is 11.8 Å². The first kappa shape index (κ1) is 33.9. The minimum atomic E-state index is -3.83. The molecule has 5 aromatic carbocycles. The molecule has 242 valence electrons. The average Bonchev–Trinajstić information content (AvgIpc) is 3.09. The Kier molecular flexibility index (Phi) is 10.9. The van der Waals surface area contributed by atoms with Gasteiger partial charge in [0.05, 0.1) is 10.1 Å². The second-order valence-electron chi connectivity index (χ2n) is 10.7. The normalized spacial score (nSPS) is 12.1. The first-order valence-corrected chi connectivity index (χ1v) is 17.2. The number of hydrogen-bond acceptors (Lipinski definition) is 6. The molecule has 3 amide bonds. The fourth-order valence-electron chi connectivity index (χ4n) is 4.56. The molecular weight excluding hydrogens is 645 g/mol. The van der Waals surface area contributed by atoms with E-state index >= 15 is 0 Å². The molecule has 1 unspecified atom stereocenters. The number of carbonyl (C=O) groups excluding carboxylic acids is 3. The molecule has 0 saturated carbocycles. The Bertz CT molecular complexity index is 2030. The van der Waals surface area contributed by atoms with E-state index < -0.39 is 27.1 Å². The molecule has 0 bridgehead atoms. The molecule has 48 heavy (non-hydrogen) atoms. The van der Waals surface area contributed by atoms with Gasteiger partial charge in [-0.05, 0) is 90.4 Å². The third-order valence-corrected chi connectivity index (χ3v) is 9.14. The zero-order valence-electron chi connectivity index (χ0n) is 25.8. The summed E-state index contributed by atoms with van der Waals surface area (Å²) >= 11 is 1.31. The van der Waals surface area contributed by atoms with Crippen LogP contribution in [0.25, 0.3) is 17.2 Å². The summed E-state index contributed by atoms with van der Waals surface area (Å²) in [7, 11) is -3.83. The van der Waals surface area contributed by atoms with E-state index in [2.05, 4.69) is 16.0 Å². The van der Waals surface area contributed by atoms with E-state index in [1.807, 2.05) is 54.6 Å². The van der Waals surface area contributed by atoms with Gasteiger partial charge < -0.3 is 16.0 Å². The van der Waals surface area contributed by atoms with Gasteiger partial charge in [0, 0.05) is 21.8 Å². The second-order valence-corrected chi connectivity index (χ2v) is 13.6. The van der Waals surface area contributed by atoms with Crippen molar-refractivity contribution in [1.82, 2.24) is 5.32 Å². The van der Waals surface area contributed by atoms with E-state index in [4.69, 9.17) is 5.14 Å². The minimum Gasteiger partial charge on any atom is -0.325 e. The molecule has 5 N–H and O–H groups in total. The van der Waals surface area contributed by atoms with Gasteiger partial charge in [-0.25, -0.2) is 13.6 Å². The molecule has 0 heterocycles. The molecule has 0 aliphatic carbocycles. The van der Waals surface area contributed by atoms with Crippen molar-refractivity contribution in [2.24, 2.45) is 5.14 Å². The van der Waals surface area contributed by atoms with Crippen LogP contribution in [0.1, 0.15) is 22.8 Å². The molecule has 5 rings (SSSR count). The highest BCUT2D eigenvalue weighted by atomic mass is 32.2. The Balaban J connectivity index is 1.25. The lowest BCUT2D eigenvalue weighted by Crippen LogP contribution is -2.30. The van der Waals surface area contributed by atoms with Crippen molar-refractivity contribution >= 4 is 57.0 Å². The van der Waals surface area contributed by atoms with E-state index in [0.29, 0.717) is 16.9 Å². The van der Waals surface area contributed by atoms with Crippen molar-refractivity contribution in [3.63, 3.8) is 0 Å². The van der Waals surface area contributed by atoms with Crippen LogP contribution in [-0.4, -0.2) is 31.4 Å². The SMILES string of the molecule is CC(Sc1ccc(NC(=O)/C(=C/c2ccc(-c3ccccc3)cc2)NC(=O)c2ccccc2)cc1)C(=O)Nc1ccc(S(N)(=O)=O)cc1. The summed E-state index contributed by atoms with van der Waals surface area (Å²) in [6.45, 7) is 1.74. The summed E-state index contributed by atoms with van der Waals surface area (Å²) in [6.07, 6.45) is 1.62. The number of rotatable bonds is 11.